The van der Waals surface area contributed by atoms with Crippen molar-refractivity contribution in [2.24, 2.45) is 18.7 Å². The third-order valence-corrected chi connectivity index (χ3v) is 4.84. The van der Waals surface area contributed by atoms with E-state index in [0.717, 1.165) is 18.8 Å². The molecule has 19 heavy (non-hydrogen) atoms. The van der Waals surface area contributed by atoms with E-state index in [1.165, 1.54) is 50.6 Å². The van der Waals surface area contributed by atoms with Crippen LogP contribution in [0.5, 0.6) is 0 Å². The van der Waals surface area contributed by atoms with Gasteiger partial charge in [-0.15, -0.1) is 0 Å². The molecule has 0 amide bonds. The van der Waals surface area contributed by atoms with E-state index in [1.807, 2.05) is 17.9 Å². The number of hydrogen-bond donors (Lipinski definition) is 1. The monoisotopic (exact) mass is 263 g/mol. The Morgan fingerprint density at radius 3 is 2.95 bits per heavy atom. The van der Waals surface area contributed by atoms with Gasteiger partial charge < -0.3 is 5.73 Å². The summed E-state index contributed by atoms with van der Waals surface area (Å²) >= 11 is 0. The second-order valence-electron chi connectivity index (χ2n) is 6.39. The quantitative estimate of drug-likeness (QED) is 0.827. The molecule has 2 atom stereocenters. The molecule has 0 bridgehead atoms. The molecule has 1 aliphatic rings. The Labute approximate surface area is 117 Å². The van der Waals surface area contributed by atoms with Gasteiger partial charge in [-0.3, -0.25) is 4.68 Å². The summed E-state index contributed by atoms with van der Waals surface area (Å²) in [7, 11) is 2.02. The van der Waals surface area contributed by atoms with Gasteiger partial charge in [-0.1, -0.05) is 32.6 Å². The van der Waals surface area contributed by atoms with Gasteiger partial charge in [0.15, 0.2) is 0 Å². The molecule has 0 spiro atoms. The second kappa shape index (κ2) is 6.56. The van der Waals surface area contributed by atoms with E-state index in [-0.39, 0.29) is 5.54 Å². The van der Waals surface area contributed by atoms with Crippen LogP contribution in [0.4, 0.5) is 0 Å². The molecular weight excluding hydrogens is 234 g/mol. The predicted octanol–water partition coefficient (Wildman–Crippen LogP) is 3.43. The van der Waals surface area contributed by atoms with Gasteiger partial charge in [0, 0.05) is 24.5 Å². The van der Waals surface area contributed by atoms with Gasteiger partial charge in [-0.2, -0.15) is 5.10 Å². The Morgan fingerprint density at radius 1 is 1.42 bits per heavy atom. The van der Waals surface area contributed by atoms with E-state index in [1.54, 1.807) is 0 Å². The minimum Gasteiger partial charge on any atom is -0.325 e. The summed E-state index contributed by atoms with van der Waals surface area (Å²) in [6.07, 6.45) is 13.2. The first kappa shape index (κ1) is 14.6. The Balaban J connectivity index is 1.86. The van der Waals surface area contributed by atoms with Crippen LogP contribution in [-0.4, -0.2) is 15.3 Å². The highest BCUT2D eigenvalue weighted by molar-refractivity contribution is 5.02. The molecule has 1 fully saturated rings. The fourth-order valence-corrected chi connectivity index (χ4v) is 3.47. The zero-order valence-electron chi connectivity index (χ0n) is 12.6. The van der Waals surface area contributed by atoms with Gasteiger partial charge in [0.05, 0.1) is 0 Å². The molecule has 2 N–H and O–H groups in total. The van der Waals surface area contributed by atoms with Crippen molar-refractivity contribution in [2.75, 3.05) is 0 Å². The molecule has 2 unspecified atom stereocenters. The van der Waals surface area contributed by atoms with Gasteiger partial charge in [0.1, 0.15) is 0 Å². The molecular formula is C16H29N3. The summed E-state index contributed by atoms with van der Waals surface area (Å²) in [4.78, 5) is 0. The average molecular weight is 263 g/mol. The second-order valence-corrected chi connectivity index (χ2v) is 6.39. The molecule has 3 heteroatoms. The van der Waals surface area contributed by atoms with Crippen LogP contribution in [0.3, 0.4) is 0 Å². The molecule has 0 aliphatic heterocycles. The lowest BCUT2D eigenvalue weighted by atomic mass is 9.85. The molecule has 0 aromatic carbocycles. The first-order chi connectivity index (χ1) is 9.13. The molecule has 1 aromatic rings. The summed E-state index contributed by atoms with van der Waals surface area (Å²) in [6.45, 7) is 2.29. The van der Waals surface area contributed by atoms with Crippen LogP contribution in [0.25, 0.3) is 0 Å². The first-order valence-corrected chi connectivity index (χ1v) is 7.89. The zero-order valence-corrected chi connectivity index (χ0v) is 12.6. The number of aryl methyl sites for hydroxylation is 2. The summed E-state index contributed by atoms with van der Waals surface area (Å²) < 4.78 is 1.97. The number of nitrogens with zero attached hydrogens (tertiary/aromatic N) is 2. The third kappa shape index (κ3) is 4.07. The van der Waals surface area contributed by atoms with Gasteiger partial charge in [0.2, 0.25) is 0 Å². The highest BCUT2D eigenvalue weighted by Crippen LogP contribution is 2.33. The van der Waals surface area contributed by atoms with Crippen molar-refractivity contribution in [1.82, 2.24) is 9.78 Å². The van der Waals surface area contributed by atoms with Crippen LogP contribution >= 0.6 is 0 Å². The van der Waals surface area contributed by atoms with E-state index in [0.29, 0.717) is 0 Å². The molecule has 1 aromatic heterocycles. The Bertz CT molecular complexity index is 385. The molecule has 0 saturated heterocycles. The van der Waals surface area contributed by atoms with Crippen LogP contribution in [-0.2, 0) is 13.5 Å². The van der Waals surface area contributed by atoms with E-state index >= 15 is 0 Å². The van der Waals surface area contributed by atoms with Crippen LogP contribution in [0.2, 0.25) is 0 Å². The smallest absolute Gasteiger partial charge is 0.0492 e. The maximum atomic E-state index is 6.65. The van der Waals surface area contributed by atoms with Crippen molar-refractivity contribution in [2.45, 2.75) is 70.3 Å². The average Bonchev–Trinajstić information content (AvgIpc) is 2.70. The maximum Gasteiger partial charge on any atom is 0.0492 e. The van der Waals surface area contributed by atoms with E-state index < -0.39 is 0 Å². The lowest BCUT2D eigenvalue weighted by Gasteiger charge is -2.28. The molecule has 1 heterocycles. The molecule has 0 radical (unpaired) electrons. The maximum absolute atomic E-state index is 6.65. The highest BCUT2D eigenvalue weighted by atomic mass is 15.2. The van der Waals surface area contributed by atoms with E-state index in [9.17, 15) is 0 Å². The number of hydrogen-bond acceptors (Lipinski definition) is 2. The molecule has 3 nitrogen and oxygen atoms in total. The minimum absolute atomic E-state index is 0.0623. The van der Waals surface area contributed by atoms with Crippen LogP contribution in [0.15, 0.2) is 12.3 Å². The van der Waals surface area contributed by atoms with E-state index in [4.69, 9.17) is 5.73 Å². The van der Waals surface area contributed by atoms with Gasteiger partial charge in [0.25, 0.3) is 0 Å². The fourth-order valence-electron chi connectivity index (χ4n) is 3.47. The van der Waals surface area contributed by atoms with Gasteiger partial charge in [-0.25, -0.2) is 0 Å². The topological polar surface area (TPSA) is 43.8 Å². The fraction of sp³-hybridized carbons (Fsp3) is 0.812. The Kier molecular flexibility index (Phi) is 5.03. The molecule has 2 rings (SSSR count). The number of aromatic nitrogens is 2. The summed E-state index contributed by atoms with van der Waals surface area (Å²) in [5.74, 6) is 0.923. The normalized spacial score (nSPS) is 28.3. The van der Waals surface area contributed by atoms with Crippen molar-refractivity contribution in [3.63, 3.8) is 0 Å². The van der Waals surface area contributed by atoms with Crippen LogP contribution in [0.1, 0.15) is 64.0 Å². The van der Waals surface area contributed by atoms with E-state index in [2.05, 4.69) is 18.1 Å². The molecule has 1 aliphatic carbocycles. The Hall–Kier alpha value is -0.830. The minimum atomic E-state index is 0.0623. The third-order valence-electron chi connectivity index (χ3n) is 4.84. The summed E-state index contributed by atoms with van der Waals surface area (Å²) in [5, 5.41) is 4.23. The first-order valence-electron chi connectivity index (χ1n) is 7.89. The van der Waals surface area contributed by atoms with Crippen LogP contribution in [0, 0.1) is 5.92 Å². The SMILES string of the molecule is CCCC1CCCC(N)(CCc2ccnn2C)CC1. The summed E-state index contributed by atoms with van der Waals surface area (Å²) in [6, 6.07) is 2.11. The molecule has 1 saturated carbocycles. The van der Waals surface area contributed by atoms with Crippen LogP contribution < -0.4 is 5.73 Å². The molecule has 108 valence electrons. The van der Waals surface area contributed by atoms with Crippen molar-refractivity contribution in [1.29, 1.82) is 0 Å². The van der Waals surface area contributed by atoms with Crippen molar-refractivity contribution in [3.8, 4) is 0 Å². The lowest BCUT2D eigenvalue weighted by Crippen LogP contribution is -2.39. The largest absolute Gasteiger partial charge is 0.325 e. The van der Waals surface area contributed by atoms with Gasteiger partial charge >= 0.3 is 0 Å². The number of rotatable bonds is 5. The van der Waals surface area contributed by atoms with Crippen molar-refractivity contribution < 1.29 is 0 Å². The zero-order chi connectivity index (χ0) is 13.7. The van der Waals surface area contributed by atoms with Gasteiger partial charge in [-0.05, 0) is 44.1 Å². The predicted molar refractivity (Wildman–Crippen MR) is 79.9 cm³/mol. The number of nitrogens with two attached hydrogens (primary N) is 1. The lowest BCUT2D eigenvalue weighted by molar-refractivity contribution is 0.333. The van der Waals surface area contributed by atoms with Crippen molar-refractivity contribution >= 4 is 0 Å². The summed E-state index contributed by atoms with van der Waals surface area (Å²) in [5.41, 5.74) is 8.02. The van der Waals surface area contributed by atoms with Crippen molar-refractivity contribution in [3.05, 3.63) is 18.0 Å². The standard InChI is InChI=1S/C16H29N3/c1-3-5-14-6-4-10-16(17,11-7-14)12-8-15-9-13-18-19(15)2/h9,13-14H,3-8,10-12,17H2,1-2H3. The highest BCUT2D eigenvalue weighted by Gasteiger charge is 2.28. The Morgan fingerprint density at radius 2 is 2.26 bits per heavy atom.